The lowest BCUT2D eigenvalue weighted by atomic mass is 10.1. The summed E-state index contributed by atoms with van der Waals surface area (Å²) in [6, 6.07) is 16.5. The third-order valence-corrected chi connectivity index (χ3v) is 3.87. The van der Waals surface area contributed by atoms with Crippen LogP contribution in [0.1, 0.15) is 0 Å². The van der Waals surface area contributed by atoms with Gasteiger partial charge in [0.25, 0.3) is 11.4 Å². The van der Waals surface area contributed by atoms with Gasteiger partial charge >= 0.3 is 0 Å². The molecule has 3 aromatic rings. The molecular formula is C17H13N3O4. The Hall–Kier alpha value is -3.48. The number of benzene rings is 2. The highest BCUT2D eigenvalue weighted by atomic mass is 16.6. The molecule has 0 aliphatic carbocycles. The Morgan fingerprint density at radius 3 is 1.29 bits per heavy atom. The number of non-ortho nitro benzene ring substituents is 2. The maximum atomic E-state index is 10.7. The van der Waals surface area contributed by atoms with Gasteiger partial charge < -0.3 is 4.57 Å². The van der Waals surface area contributed by atoms with E-state index in [0.717, 1.165) is 22.5 Å². The van der Waals surface area contributed by atoms with Gasteiger partial charge in [-0.15, -0.1) is 0 Å². The number of rotatable bonds is 4. The van der Waals surface area contributed by atoms with Crippen LogP contribution in [0.25, 0.3) is 22.5 Å². The largest absolute Gasteiger partial charge is 0.344 e. The highest BCUT2D eigenvalue weighted by Crippen LogP contribution is 2.29. The fourth-order valence-corrected chi connectivity index (χ4v) is 2.60. The number of aromatic nitrogens is 1. The molecule has 0 saturated heterocycles. The van der Waals surface area contributed by atoms with Gasteiger partial charge in [-0.3, -0.25) is 20.2 Å². The average molecular weight is 323 g/mol. The molecule has 7 nitrogen and oxygen atoms in total. The van der Waals surface area contributed by atoms with Gasteiger partial charge in [-0.25, -0.2) is 0 Å². The van der Waals surface area contributed by atoms with Crippen molar-refractivity contribution in [2.24, 2.45) is 7.05 Å². The zero-order valence-corrected chi connectivity index (χ0v) is 12.7. The van der Waals surface area contributed by atoms with Gasteiger partial charge in [-0.05, 0) is 47.5 Å². The van der Waals surface area contributed by atoms with Crippen molar-refractivity contribution in [3.05, 3.63) is 80.9 Å². The zero-order valence-electron chi connectivity index (χ0n) is 12.7. The van der Waals surface area contributed by atoms with E-state index in [1.165, 1.54) is 24.3 Å². The minimum Gasteiger partial charge on any atom is -0.344 e. The highest BCUT2D eigenvalue weighted by molar-refractivity contribution is 5.70. The molecule has 0 saturated carbocycles. The predicted octanol–water partition coefficient (Wildman–Crippen LogP) is 4.18. The minimum absolute atomic E-state index is 0.0450. The van der Waals surface area contributed by atoms with Gasteiger partial charge in [-0.2, -0.15) is 0 Å². The first kappa shape index (κ1) is 15.4. The summed E-state index contributed by atoms with van der Waals surface area (Å²) in [5, 5.41) is 21.5. The summed E-state index contributed by atoms with van der Waals surface area (Å²) in [5.41, 5.74) is 3.61. The summed E-state index contributed by atoms with van der Waals surface area (Å²) in [5.74, 6) is 0. The fraction of sp³-hybridized carbons (Fsp3) is 0.0588. The topological polar surface area (TPSA) is 91.2 Å². The molecule has 0 aliphatic rings. The van der Waals surface area contributed by atoms with Gasteiger partial charge in [0.15, 0.2) is 0 Å². The molecule has 0 N–H and O–H groups in total. The second-order valence-corrected chi connectivity index (χ2v) is 5.27. The first-order valence-electron chi connectivity index (χ1n) is 7.13. The van der Waals surface area contributed by atoms with Crippen LogP contribution in [0.5, 0.6) is 0 Å². The molecule has 0 bridgehead atoms. The molecule has 1 aromatic heterocycles. The molecule has 120 valence electrons. The number of hydrogen-bond donors (Lipinski definition) is 0. The lowest BCUT2D eigenvalue weighted by Crippen LogP contribution is -1.95. The van der Waals surface area contributed by atoms with Crippen LogP contribution in [0.2, 0.25) is 0 Å². The maximum absolute atomic E-state index is 10.7. The van der Waals surface area contributed by atoms with Gasteiger partial charge in [0.1, 0.15) is 0 Å². The van der Waals surface area contributed by atoms with Gasteiger partial charge in [0, 0.05) is 42.7 Å². The monoisotopic (exact) mass is 323 g/mol. The van der Waals surface area contributed by atoms with Crippen LogP contribution in [0.15, 0.2) is 60.7 Å². The molecule has 0 radical (unpaired) electrons. The van der Waals surface area contributed by atoms with E-state index >= 15 is 0 Å². The van der Waals surface area contributed by atoms with Crippen molar-refractivity contribution in [1.82, 2.24) is 4.57 Å². The number of nitro benzene ring substituents is 2. The van der Waals surface area contributed by atoms with Crippen LogP contribution in [-0.4, -0.2) is 14.4 Å². The smallest absolute Gasteiger partial charge is 0.269 e. The summed E-state index contributed by atoms with van der Waals surface area (Å²) < 4.78 is 1.95. The summed E-state index contributed by atoms with van der Waals surface area (Å²) in [6.45, 7) is 0. The van der Waals surface area contributed by atoms with Crippen LogP contribution in [0.3, 0.4) is 0 Å². The Balaban J connectivity index is 1.96. The van der Waals surface area contributed by atoms with E-state index in [4.69, 9.17) is 0 Å². The van der Waals surface area contributed by atoms with Crippen LogP contribution >= 0.6 is 0 Å². The van der Waals surface area contributed by atoms with E-state index in [-0.39, 0.29) is 11.4 Å². The van der Waals surface area contributed by atoms with Gasteiger partial charge in [0.2, 0.25) is 0 Å². The molecule has 0 amide bonds. The second kappa shape index (κ2) is 5.96. The average Bonchev–Trinajstić information content (AvgIpc) is 2.96. The molecule has 0 aliphatic heterocycles. The van der Waals surface area contributed by atoms with Gasteiger partial charge in [-0.1, -0.05) is 0 Å². The standard InChI is InChI=1S/C17H13N3O4/c1-18-16(12-2-6-14(7-3-12)19(21)22)10-11-17(18)13-4-8-15(9-5-13)20(23)24/h2-11H,1H3. The Bertz CT molecular complexity index is 837. The normalized spacial score (nSPS) is 10.5. The van der Waals surface area contributed by atoms with Crippen molar-refractivity contribution in [3.63, 3.8) is 0 Å². The number of nitro groups is 2. The van der Waals surface area contributed by atoms with Crippen molar-refractivity contribution < 1.29 is 9.85 Å². The highest BCUT2D eigenvalue weighted by Gasteiger charge is 2.12. The SMILES string of the molecule is Cn1c(-c2ccc([N+](=O)[O-])cc2)ccc1-c1ccc([N+](=O)[O-])cc1. The van der Waals surface area contributed by atoms with Crippen LogP contribution in [0, 0.1) is 20.2 Å². The third-order valence-electron chi connectivity index (χ3n) is 3.87. The lowest BCUT2D eigenvalue weighted by Gasteiger charge is -2.08. The summed E-state index contributed by atoms with van der Waals surface area (Å²) in [6.07, 6.45) is 0. The van der Waals surface area contributed by atoms with Crippen molar-refractivity contribution in [1.29, 1.82) is 0 Å². The Labute approximate surface area is 137 Å². The summed E-state index contributed by atoms with van der Waals surface area (Å²) >= 11 is 0. The van der Waals surface area contributed by atoms with Crippen LogP contribution in [0.4, 0.5) is 11.4 Å². The van der Waals surface area contributed by atoms with E-state index < -0.39 is 9.85 Å². The quantitative estimate of drug-likeness (QED) is 0.532. The molecule has 1 heterocycles. The van der Waals surface area contributed by atoms with Crippen LogP contribution < -0.4 is 0 Å². The molecule has 2 aromatic carbocycles. The first-order chi connectivity index (χ1) is 11.5. The number of nitrogens with zero attached hydrogens (tertiary/aromatic N) is 3. The summed E-state index contributed by atoms with van der Waals surface area (Å²) in [7, 11) is 1.88. The van der Waals surface area contributed by atoms with Crippen molar-refractivity contribution in [2.45, 2.75) is 0 Å². The van der Waals surface area contributed by atoms with Gasteiger partial charge in [0.05, 0.1) is 9.85 Å². The molecule has 0 unspecified atom stereocenters. The maximum Gasteiger partial charge on any atom is 0.269 e. The zero-order chi connectivity index (χ0) is 17.3. The molecule has 3 rings (SSSR count). The molecule has 7 heteroatoms. The Morgan fingerprint density at radius 2 is 1.00 bits per heavy atom. The van der Waals surface area contributed by atoms with Crippen molar-refractivity contribution >= 4 is 11.4 Å². The molecule has 0 spiro atoms. The second-order valence-electron chi connectivity index (χ2n) is 5.27. The first-order valence-corrected chi connectivity index (χ1v) is 7.13. The third kappa shape index (κ3) is 2.74. The van der Waals surface area contributed by atoms with E-state index in [2.05, 4.69) is 0 Å². The minimum atomic E-state index is -0.433. The molecule has 0 atom stereocenters. The van der Waals surface area contributed by atoms with E-state index in [1.54, 1.807) is 24.3 Å². The fourth-order valence-electron chi connectivity index (χ4n) is 2.60. The van der Waals surface area contributed by atoms with Crippen molar-refractivity contribution in [3.8, 4) is 22.5 Å². The molecule has 0 fully saturated rings. The van der Waals surface area contributed by atoms with E-state index in [1.807, 2.05) is 23.7 Å². The Morgan fingerprint density at radius 1 is 0.667 bits per heavy atom. The van der Waals surface area contributed by atoms with E-state index in [0.29, 0.717) is 0 Å². The van der Waals surface area contributed by atoms with Crippen LogP contribution in [-0.2, 0) is 7.05 Å². The summed E-state index contributed by atoms with van der Waals surface area (Å²) in [4.78, 5) is 20.6. The molecule has 24 heavy (non-hydrogen) atoms. The van der Waals surface area contributed by atoms with Crippen molar-refractivity contribution in [2.75, 3.05) is 0 Å². The Kier molecular flexibility index (Phi) is 3.83. The predicted molar refractivity (Wildman–Crippen MR) is 89.6 cm³/mol. The van der Waals surface area contributed by atoms with E-state index in [9.17, 15) is 20.2 Å². The lowest BCUT2D eigenvalue weighted by molar-refractivity contribution is -0.385. The number of hydrogen-bond acceptors (Lipinski definition) is 4. The molecular weight excluding hydrogens is 310 g/mol.